The summed E-state index contributed by atoms with van der Waals surface area (Å²) in [7, 11) is 0. The van der Waals surface area contributed by atoms with Crippen molar-refractivity contribution in [3.63, 3.8) is 0 Å². The molecule has 24 heavy (non-hydrogen) atoms. The smallest absolute Gasteiger partial charge is 0.327 e. The number of nitrogens with zero attached hydrogens (tertiary/aromatic N) is 4. The molecule has 0 aliphatic carbocycles. The summed E-state index contributed by atoms with van der Waals surface area (Å²) in [5.74, 6) is -0.115. The van der Waals surface area contributed by atoms with Crippen LogP contribution in [-0.2, 0) is 11.3 Å². The van der Waals surface area contributed by atoms with Gasteiger partial charge >= 0.3 is 6.03 Å². The summed E-state index contributed by atoms with van der Waals surface area (Å²) in [6, 6.07) is 10.2. The minimum Gasteiger partial charge on any atom is -0.360 e. The standard InChI is InChI=1S/C17H15N5O2/c18-8-13(9-19)10-20-14-5-3-12(4-6-14)11-22-16(23)15-2-1-7-21(15)17(22)24/h3-6,10,15,20H,1-2,7,11H2. The van der Waals surface area contributed by atoms with Crippen LogP contribution in [-0.4, -0.2) is 34.3 Å². The fourth-order valence-electron chi connectivity index (χ4n) is 2.96. The zero-order chi connectivity index (χ0) is 17.1. The third-order valence-corrected chi connectivity index (χ3v) is 4.20. The quantitative estimate of drug-likeness (QED) is 0.675. The molecule has 2 heterocycles. The van der Waals surface area contributed by atoms with Crippen molar-refractivity contribution in [2.45, 2.75) is 25.4 Å². The van der Waals surface area contributed by atoms with Gasteiger partial charge in [0.05, 0.1) is 6.54 Å². The van der Waals surface area contributed by atoms with Gasteiger partial charge in [0, 0.05) is 18.4 Å². The maximum absolute atomic E-state index is 12.3. The monoisotopic (exact) mass is 321 g/mol. The second-order valence-electron chi connectivity index (χ2n) is 5.68. The first kappa shape index (κ1) is 15.6. The molecule has 3 amide bonds. The Morgan fingerprint density at radius 1 is 1.25 bits per heavy atom. The number of carbonyl (C=O) groups is 2. The highest BCUT2D eigenvalue weighted by Gasteiger charge is 2.47. The topological polar surface area (TPSA) is 100 Å². The van der Waals surface area contributed by atoms with Gasteiger partial charge in [0.2, 0.25) is 0 Å². The number of hydrogen-bond donors (Lipinski definition) is 1. The van der Waals surface area contributed by atoms with Gasteiger partial charge in [0.25, 0.3) is 5.91 Å². The predicted octanol–water partition coefficient (Wildman–Crippen LogP) is 1.96. The molecule has 0 radical (unpaired) electrons. The Bertz CT molecular complexity index is 747. The van der Waals surface area contributed by atoms with E-state index in [2.05, 4.69) is 5.32 Å². The first-order valence-corrected chi connectivity index (χ1v) is 7.62. The van der Waals surface area contributed by atoms with Crippen molar-refractivity contribution in [3.05, 3.63) is 41.6 Å². The van der Waals surface area contributed by atoms with E-state index in [-0.39, 0.29) is 30.1 Å². The molecule has 2 saturated heterocycles. The molecular formula is C17H15N5O2. The normalized spacial score (nSPS) is 18.8. The molecule has 120 valence electrons. The molecule has 1 aromatic rings. The van der Waals surface area contributed by atoms with Gasteiger partial charge in [-0.2, -0.15) is 10.5 Å². The van der Waals surface area contributed by atoms with E-state index in [0.717, 1.165) is 18.4 Å². The number of urea groups is 1. The highest BCUT2D eigenvalue weighted by Crippen LogP contribution is 2.28. The number of nitriles is 2. The molecule has 1 N–H and O–H groups in total. The highest BCUT2D eigenvalue weighted by molar-refractivity contribution is 6.04. The van der Waals surface area contributed by atoms with Crippen molar-refractivity contribution in [1.82, 2.24) is 9.80 Å². The lowest BCUT2D eigenvalue weighted by Crippen LogP contribution is -2.32. The molecule has 2 fully saturated rings. The van der Waals surface area contributed by atoms with Crippen molar-refractivity contribution in [1.29, 1.82) is 10.5 Å². The molecular weight excluding hydrogens is 306 g/mol. The van der Waals surface area contributed by atoms with Crippen molar-refractivity contribution >= 4 is 17.6 Å². The largest absolute Gasteiger partial charge is 0.360 e. The van der Waals surface area contributed by atoms with E-state index in [1.54, 1.807) is 41.3 Å². The van der Waals surface area contributed by atoms with Crippen LogP contribution >= 0.6 is 0 Å². The number of allylic oxidation sites excluding steroid dienone is 1. The number of fused-ring (bicyclic) bond motifs is 1. The highest BCUT2D eigenvalue weighted by atomic mass is 16.2. The van der Waals surface area contributed by atoms with Crippen LogP contribution in [0.15, 0.2) is 36.0 Å². The molecule has 0 saturated carbocycles. The van der Waals surface area contributed by atoms with Crippen LogP contribution in [0.5, 0.6) is 0 Å². The lowest BCUT2D eigenvalue weighted by molar-refractivity contribution is -0.128. The second-order valence-corrected chi connectivity index (χ2v) is 5.68. The van der Waals surface area contributed by atoms with Gasteiger partial charge < -0.3 is 10.2 Å². The van der Waals surface area contributed by atoms with Crippen molar-refractivity contribution < 1.29 is 9.59 Å². The van der Waals surface area contributed by atoms with E-state index in [0.29, 0.717) is 12.2 Å². The van der Waals surface area contributed by atoms with E-state index in [1.165, 1.54) is 11.1 Å². The second kappa shape index (κ2) is 6.43. The maximum Gasteiger partial charge on any atom is 0.327 e. The number of benzene rings is 1. The van der Waals surface area contributed by atoms with E-state index < -0.39 is 0 Å². The number of imide groups is 1. The summed E-state index contributed by atoms with van der Waals surface area (Å²) in [6.45, 7) is 0.906. The average Bonchev–Trinajstić information content (AvgIpc) is 3.17. The summed E-state index contributed by atoms with van der Waals surface area (Å²) >= 11 is 0. The fraction of sp³-hybridized carbons (Fsp3) is 0.294. The fourth-order valence-corrected chi connectivity index (χ4v) is 2.96. The Hall–Kier alpha value is -3.32. The number of rotatable bonds is 4. The molecule has 7 heteroatoms. The van der Waals surface area contributed by atoms with Gasteiger partial charge in [0.15, 0.2) is 0 Å². The van der Waals surface area contributed by atoms with E-state index >= 15 is 0 Å². The van der Waals surface area contributed by atoms with Crippen LogP contribution < -0.4 is 5.32 Å². The first-order valence-electron chi connectivity index (χ1n) is 7.62. The number of anilines is 1. The van der Waals surface area contributed by atoms with Crippen LogP contribution in [0.25, 0.3) is 0 Å². The summed E-state index contributed by atoms with van der Waals surface area (Å²) in [5, 5.41) is 20.2. The SMILES string of the molecule is N#CC(C#N)=CNc1ccc(CN2C(=O)C3CCCN3C2=O)cc1. The minimum atomic E-state index is -0.279. The van der Waals surface area contributed by atoms with E-state index in [9.17, 15) is 9.59 Å². The molecule has 0 bridgehead atoms. The minimum absolute atomic E-state index is 0.0204. The Morgan fingerprint density at radius 3 is 2.58 bits per heavy atom. The van der Waals surface area contributed by atoms with Gasteiger partial charge in [-0.3, -0.25) is 9.69 Å². The van der Waals surface area contributed by atoms with Crippen LogP contribution in [0.3, 0.4) is 0 Å². The summed E-state index contributed by atoms with van der Waals surface area (Å²) < 4.78 is 0. The number of hydrogen-bond acceptors (Lipinski definition) is 5. The third-order valence-electron chi connectivity index (χ3n) is 4.20. The Kier molecular flexibility index (Phi) is 4.17. The number of nitrogens with one attached hydrogen (secondary N) is 1. The molecule has 0 aromatic heterocycles. The van der Waals surface area contributed by atoms with Crippen LogP contribution in [0.4, 0.5) is 10.5 Å². The van der Waals surface area contributed by atoms with Crippen LogP contribution in [0, 0.1) is 22.7 Å². The average molecular weight is 321 g/mol. The zero-order valence-electron chi connectivity index (χ0n) is 12.9. The first-order chi connectivity index (χ1) is 11.6. The lowest BCUT2D eigenvalue weighted by Gasteiger charge is -2.15. The summed E-state index contributed by atoms with van der Waals surface area (Å²) in [6.07, 6.45) is 2.96. The number of carbonyl (C=O) groups excluding carboxylic acids is 2. The molecule has 2 aliphatic rings. The molecule has 7 nitrogen and oxygen atoms in total. The summed E-state index contributed by atoms with van der Waals surface area (Å²) in [5.41, 5.74) is 1.53. The Balaban J connectivity index is 1.66. The van der Waals surface area contributed by atoms with E-state index in [4.69, 9.17) is 10.5 Å². The van der Waals surface area contributed by atoms with Crippen LogP contribution in [0.2, 0.25) is 0 Å². The molecule has 1 atom stereocenters. The van der Waals surface area contributed by atoms with Gasteiger partial charge in [-0.05, 0) is 30.5 Å². The van der Waals surface area contributed by atoms with Crippen molar-refractivity contribution in [3.8, 4) is 12.1 Å². The van der Waals surface area contributed by atoms with Gasteiger partial charge in [-0.15, -0.1) is 0 Å². The van der Waals surface area contributed by atoms with Crippen LogP contribution in [0.1, 0.15) is 18.4 Å². The predicted molar refractivity (Wildman–Crippen MR) is 85.0 cm³/mol. The zero-order valence-corrected chi connectivity index (χ0v) is 12.9. The molecule has 1 unspecified atom stereocenters. The van der Waals surface area contributed by atoms with Gasteiger partial charge in [0.1, 0.15) is 23.8 Å². The van der Waals surface area contributed by atoms with Crippen molar-refractivity contribution in [2.24, 2.45) is 0 Å². The van der Waals surface area contributed by atoms with Gasteiger partial charge in [-0.25, -0.2) is 4.79 Å². The van der Waals surface area contributed by atoms with E-state index in [1.807, 2.05) is 0 Å². The molecule has 0 spiro atoms. The maximum atomic E-state index is 12.3. The number of amides is 3. The third kappa shape index (κ3) is 2.80. The molecule has 1 aromatic carbocycles. The Morgan fingerprint density at radius 2 is 1.96 bits per heavy atom. The van der Waals surface area contributed by atoms with Gasteiger partial charge in [-0.1, -0.05) is 12.1 Å². The van der Waals surface area contributed by atoms with Crippen molar-refractivity contribution in [2.75, 3.05) is 11.9 Å². The molecule has 3 rings (SSSR count). The lowest BCUT2D eigenvalue weighted by atomic mass is 10.1. The summed E-state index contributed by atoms with van der Waals surface area (Å²) in [4.78, 5) is 27.5. The Labute approximate surface area is 139 Å². The molecule has 2 aliphatic heterocycles.